The first kappa shape index (κ1) is 19.7. The number of rotatable bonds is 3. The van der Waals surface area contributed by atoms with E-state index in [0.29, 0.717) is 12.5 Å². The molecule has 4 aliphatic rings. The molecule has 2 aromatic rings. The minimum absolute atomic E-state index is 0.638. The van der Waals surface area contributed by atoms with Crippen LogP contribution in [0.4, 0.5) is 0 Å². The Kier molecular flexibility index (Phi) is 5.53. The average molecular weight is 405 g/mol. The van der Waals surface area contributed by atoms with Gasteiger partial charge in [0.2, 0.25) is 0 Å². The van der Waals surface area contributed by atoms with E-state index in [4.69, 9.17) is 20.9 Å². The van der Waals surface area contributed by atoms with Gasteiger partial charge in [-0.1, -0.05) is 18.2 Å². The van der Waals surface area contributed by atoms with E-state index in [1.165, 1.54) is 46.2 Å². The average Bonchev–Trinajstić information content (AvgIpc) is 3.54. The van der Waals surface area contributed by atoms with E-state index in [1.54, 1.807) is 5.56 Å². The monoisotopic (exact) mass is 404 g/mol. The highest BCUT2D eigenvalue weighted by molar-refractivity contribution is 5.77. The van der Waals surface area contributed by atoms with Crippen LogP contribution in [0.1, 0.15) is 58.6 Å². The molecule has 2 aliphatic carbocycles. The van der Waals surface area contributed by atoms with E-state index in [9.17, 15) is 0 Å². The molecule has 0 saturated heterocycles. The number of benzene rings is 2. The Hall–Kier alpha value is -2.30. The molecule has 1 atom stereocenters. The Balaban J connectivity index is 0.000000128. The van der Waals surface area contributed by atoms with Crippen molar-refractivity contribution >= 4 is 5.57 Å². The maximum atomic E-state index is 5.68. The zero-order valence-electron chi connectivity index (χ0n) is 17.7. The highest BCUT2D eigenvalue weighted by atomic mass is 16.5. The van der Waals surface area contributed by atoms with Crippen LogP contribution in [0, 0.1) is 0 Å². The van der Waals surface area contributed by atoms with Crippen LogP contribution >= 0.6 is 0 Å². The lowest BCUT2D eigenvalue weighted by Crippen LogP contribution is -2.06. The van der Waals surface area contributed by atoms with Gasteiger partial charge in [-0.25, -0.2) is 0 Å². The summed E-state index contributed by atoms with van der Waals surface area (Å²) in [5.41, 5.74) is 21.6. The van der Waals surface area contributed by atoms with Gasteiger partial charge in [-0.3, -0.25) is 0 Å². The number of aryl methyl sites for hydroxylation is 2. The first-order chi connectivity index (χ1) is 14.8. The second-order valence-electron chi connectivity index (χ2n) is 8.67. The Morgan fingerprint density at radius 2 is 1.57 bits per heavy atom. The molecule has 0 amide bonds. The van der Waals surface area contributed by atoms with Gasteiger partial charge in [0.1, 0.15) is 11.5 Å². The predicted octanol–water partition coefficient (Wildman–Crippen LogP) is 3.91. The van der Waals surface area contributed by atoms with Crippen LogP contribution in [0.5, 0.6) is 11.5 Å². The van der Waals surface area contributed by atoms with Crippen molar-refractivity contribution in [1.29, 1.82) is 0 Å². The van der Waals surface area contributed by atoms with Gasteiger partial charge in [0.25, 0.3) is 0 Å². The summed E-state index contributed by atoms with van der Waals surface area (Å²) < 4.78 is 11.2. The second-order valence-corrected chi connectivity index (χ2v) is 8.67. The summed E-state index contributed by atoms with van der Waals surface area (Å²) in [7, 11) is 0. The van der Waals surface area contributed by atoms with E-state index < -0.39 is 0 Å². The Labute approximate surface area is 179 Å². The highest BCUT2D eigenvalue weighted by Gasteiger charge is 2.28. The molecular weight excluding hydrogens is 372 g/mol. The van der Waals surface area contributed by atoms with Crippen molar-refractivity contribution in [3.8, 4) is 11.5 Å². The van der Waals surface area contributed by atoms with E-state index in [-0.39, 0.29) is 0 Å². The Morgan fingerprint density at radius 1 is 0.833 bits per heavy atom. The largest absolute Gasteiger partial charge is 0.493 e. The summed E-state index contributed by atoms with van der Waals surface area (Å²) in [6.07, 6.45) is 10.3. The van der Waals surface area contributed by atoms with Crippen molar-refractivity contribution in [2.45, 2.75) is 50.9 Å². The third-order valence-corrected chi connectivity index (χ3v) is 7.01. The molecule has 0 radical (unpaired) electrons. The lowest BCUT2D eigenvalue weighted by molar-refractivity contribution is 0.356. The van der Waals surface area contributed by atoms with E-state index in [1.807, 2.05) is 0 Å². The topological polar surface area (TPSA) is 70.5 Å². The number of nitrogens with two attached hydrogens (primary N) is 2. The van der Waals surface area contributed by atoms with Gasteiger partial charge in [0, 0.05) is 30.5 Å². The molecule has 6 rings (SSSR count). The van der Waals surface area contributed by atoms with Gasteiger partial charge < -0.3 is 20.9 Å². The van der Waals surface area contributed by atoms with Crippen molar-refractivity contribution in [3.05, 3.63) is 63.7 Å². The fraction of sp³-hybridized carbons (Fsp3) is 0.462. The Bertz CT molecular complexity index is 977. The van der Waals surface area contributed by atoms with Crippen molar-refractivity contribution in [1.82, 2.24) is 0 Å². The van der Waals surface area contributed by atoms with Crippen LogP contribution in [0.25, 0.3) is 5.57 Å². The number of hydrogen-bond acceptors (Lipinski definition) is 4. The molecule has 0 aromatic heterocycles. The molecule has 4 nitrogen and oxygen atoms in total. The molecule has 4 heteroatoms. The van der Waals surface area contributed by atoms with E-state index in [2.05, 4.69) is 30.3 Å². The normalized spacial score (nSPS) is 21.3. The first-order valence-corrected chi connectivity index (χ1v) is 11.4. The van der Waals surface area contributed by atoms with Gasteiger partial charge in [-0.2, -0.15) is 0 Å². The van der Waals surface area contributed by atoms with Gasteiger partial charge in [-0.05, 0) is 84.5 Å². The minimum Gasteiger partial charge on any atom is -0.493 e. The SMILES string of the molecule is NC/C=C1\CCc2ccc3c(c21)CCO3.NCC[C@@H]1CCc2ccc3c(c21)CCO3. The fourth-order valence-electron chi connectivity index (χ4n) is 5.71. The van der Waals surface area contributed by atoms with Crippen LogP contribution in [0.3, 0.4) is 0 Å². The fourth-order valence-corrected chi connectivity index (χ4v) is 5.71. The molecule has 0 spiro atoms. The summed E-state index contributed by atoms with van der Waals surface area (Å²) in [6, 6.07) is 8.71. The molecule has 158 valence electrons. The number of ether oxygens (including phenoxy) is 2. The predicted molar refractivity (Wildman–Crippen MR) is 121 cm³/mol. The number of hydrogen-bond donors (Lipinski definition) is 2. The standard InChI is InChI=1S/C13H17NO.C13H15NO/c2*14-7-5-10-2-1-9-3-4-12-11(13(9)10)6-8-15-12/h3-4,10H,1-2,5-8,14H2;3-5H,1-2,6-8,14H2/b;10-5+/t10-;/m0./s1. The van der Waals surface area contributed by atoms with Crippen LogP contribution < -0.4 is 20.9 Å². The molecule has 30 heavy (non-hydrogen) atoms. The van der Waals surface area contributed by atoms with Crippen molar-refractivity contribution < 1.29 is 9.47 Å². The van der Waals surface area contributed by atoms with Gasteiger partial charge >= 0.3 is 0 Å². The molecular formula is C26H32N2O2. The third-order valence-electron chi connectivity index (χ3n) is 7.01. The molecule has 0 bridgehead atoms. The Morgan fingerprint density at radius 3 is 2.33 bits per heavy atom. The lowest BCUT2D eigenvalue weighted by Gasteiger charge is -2.13. The molecule has 0 unspecified atom stereocenters. The zero-order valence-corrected chi connectivity index (χ0v) is 17.7. The maximum absolute atomic E-state index is 5.68. The molecule has 2 heterocycles. The molecule has 4 N–H and O–H groups in total. The van der Waals surface area contributed by atoms with Crippen LogP contribution in [-0.2, 0) is 25.7 Å². The molecule has 0 saturated carbocycles. The van der Waals surface area contributed by atoms with Gasteiger partial charge in [0.05, 0.1) is 13.2 Å². The lowest BCUT2D eigenvalue weighted by atomic mass is 9.92. The van der Waals surface area contributed by atoms with Crippen LogP contribution in [0.15, 0.2) is 30.3 Å². The number of allylic oxidation sites excluding steroid dienone is 1. The summed E-state index contributed by atoms with van der Waals surface area (Å²) in [6.45, 7) is 3.14. The van der Waals surface area contributed by atoms with E-state index in [0.717, 1.165) is 63.4 Å². The van der Waals surface area contributed by atoms with E-state index >= 15 is 0 Å². The summed E-state index contributed by atoms with van der Waals surface area (Å²) in [4.78, 5) is 0. The molecule has 2 aliphatic heterocycles. The van der Waals surface area contributed by atoms with Crippen LogP contribution in [0.2, 0.25) is 0 Å². The first-order valence-electron chi connectivity index (χ1n) is 11.4. The van der Waals surface area contributed by atoms with Crippen molar-refractivity contribution in [2.24, 2.45) is 11.5 Å². The quantitative estimate of drug-likeness (QED) is 0.814. The molecule has 2 aromatic carbocycles. The maximum Gasteiger partial charge on any atom is 0.123 e. The van der Waals surface area contributed by atoms with Crippen molar-refractivity contribution in [3.63, 3.8) is 0 Å². The highest BCUT2D eigenvalue weighted by Crippen LogP contribution is 2.43. The summed E-state index contributed by atoms with van der Waals surface area (Å²) in [5.74, 6) is 2.90. The van der Waals surface area contributed by atoms with Crippen LogP contribution in [-0.4, -0.2) is 26.3 Å². The zero-order chi connectivity index (χ0) is 20.5. The van der Waals surface area contributed by atoms with Crippen molar-refractivity contribution in [2.75, 3.05) is 26.3 Å². The van der Waals surface area contributed by atoms with Gasteiger partial charge in [0.15, 0.2) is 0 Å². The third kappa shape index (κ3) is 3.42. The summed E-state index contributed by atoms with van der Waals surface area (Å²) in [5, 5.41) is 0. The van der Waals surface area contributed by atoms with Gasteiger partial charge in [-0.15, -0.1) is 0 Å². The smallest absolute Gasteiger partial charge is 0.123 e. The molecule has 0 fully saturated rings. The summed E-state index contributed by atoms with van der Waals surface area (Å²) >= 11 is 0. The second kappa shape index (κ2) is 8.44. The number of fused-ring (bicyclic) bond motifs is 6. The minimum atomic E-state index is 0.638.